The van der Waals surface area contributed by atoms with E-state index in [9.17, 15) is 0 Å². The third-order valence-electron chi connectivity index (χ3n) is 2.59. The van der Waals surface area contributed by atoms with E-state index >= 15 is 0 Å². The van der Waals surface area contributed by atoms with Gasteiger partial charge in [-0.1, -0.05) is 26.1 Å². The van der Waals surface area contributed by atoms with Crippen LogP contribution in [0.25, 0.3) is 0 Å². The monoisotopic (exact) mass is 286 g/mol. The molecule has 0 amide bonds. The highest BCUT2D eigenvalue weighted by Crippen LogP contribution is 2.55. The summed E-state index contributed by atoms with van der Waals surface area (Å²) in [5, 5.41) is 0. The SMILES string of the molecule is COC1CO[C@H](C(C)C)C1OP(=S)(S)OC. The van der Waals surface area contributed by atoms with Crippen LogP contribution in [0.3, 0.4) is 0 Å². The molecule has 0 bridgehead atoms. The first-order valence-corrected chi connectivity index (χ1v) is 8.91. The summed E-state index contributed by atoms with van der Waals surface area (Å²) < 4.78 is 21.8. The van der Waals surface area contributed by atoms with Gasteiger partial charge < -0.3 is 18.5 Å². The van der Waals surface area contributed by atoms with Gasteiger partial charge in [0, 0.05) is 14.2 Å². The zero-order chi connectivity index (χ0) is 12.3. The van der Waals surface area contributed by atoms with Crippen molar-refractivity contribution in [2.75, 3.05) is 20.8 Å². The first kappa shape index (κ1) is 14.9. The fraction of sp³-hybridized carbons (Fsp3) is 1.00. The molecule has 0 radical (unpaired) electrons. The average Bonchev–Trinajstić information content (AvgIpc) is 2.60. The molecule has 4 atom stereocenters. The molecule has 0 N–H and O–H groups in total. The summed E-state index contributed by atoms with van der Waals surface area (Å²) in [6.45, 7) is 4.68. The van der Waals surface area contributed by atoms with Gasteiger partial charge in [-0.25, -0.2) is 0 Å². The molecule has 0 aliphatic carbocycles. The van der Waals surface area contributed by atoms with Gasteiger partial charge in [-0.2, -0.15) is 0 Å². The van der Waals surface area contributed by atoms with Gasteiger partial charge in [-0.05, 0) is 17.7 Å². The van der Waals surface area contributed by atoms with Gasteiger partial charge in [-0.15, -0.1) is 0 Å². The quantitative estimate of drug-likeness (QED) is 0.619. The predicted octanol–water partition coefficient (Wildman–Crippen LogP) is 2.24. The van der Waals surface area contributed by atoms with Crippen LogP contribution in [-0.2, 0) is 30.3 Å². The maximum atomic E-state index is 5.74. The molecule has 0 aromatic carbocycles. The second-order valence-electron chi connectivity index (χ2n) is 4.04. The minimum atomic E-state index is -2.48. The lowest BCUT2D eigenvalue weighted by molar-refractivity contribution is 0.00703. The molecule has 7 heteroatoms. The molecular formula is C9H19O4PS2. The van der Waals surface area contributed by atoms with Crippen LogP contribution in [0, 0.1) is 5.92 Å². The maximum absolute atomic E-state index is 5.74. The van der Waals surface area contributed by atoms with Crippen LogP contribution in [0.1, 0.15) is 13.8 Å². The van der Waals surface area contributed by atoms with Crippen molar-refractivity contribution in [3.63, 3.8) is 0 Å². The Morgan fingerprint density at radius 2 is 2.06 bits per heavy atom. The van der Waals surface area contributed by atoms with E-state index in [1.165, 1.54) is 7.11 Å². The van der Waals surface area contributed by atoms with E-state index in [0.29, 0.717) is 12.5 Å². The maximum Gasteiger partial charge on any atom is 0.244 e. The Morgan fingerprint density at radius 3 is 2.50 bits per heavy atom. The van der Waals surface area contributed by atoms with Crippen LogP contribution < -0.4 is 0 Å². The summed E-state index contributed by atoms with van der Waals surface area (Å²) in [4.78, 5) is 0. The Hall–Kier alpha value is 0.840. The third-order valence-corrected chi connectivity index (χ3v) is 5.04. The van der Waals surface area contributed by atoms with Crippen molar-refractivity contribution >= 4 is 29.7 Å². The van der Waals surface area contributed by atoms with E-state index in [-0.39, 0.29) is 18.3 Å². The minimum absolute atomic E-state index is 0.0189. The van der Waals surface area contributed by atoms with Crippen LogP contribution in [-0.4, -0.2) is 39.1 Å². The molecule has 1 aliphatic rings. The number of methoxy groups -OCH3 is 1. The number of ether oxygens (including phenoxy) is 2. The molecule has 4 nitrogen and oxygen atoms in total. The lowest BCUT2D eigenvalue weighted by atomic mass is 10.0. The zero-order valence-electron chi connectivity index (χ0n) is 9.95. The van der Waals surface area contributed by atoms with Gasteiger partial charge in [0.05, 0.1) is 12.7 Å². The Labute approximate surface area is 107 Å². The second-order valence-corrected chi connectivity index (χ2v) is 9.38. The van der Waals surface area contributed by atoms with Crippen molar-refractivity contribution in [3.8, 4) is 0 Å². The fourth-order valence-electron chi connectivity index (χ4n) is 1.71. The standard InChI is InChI=1S/C9H19O4PS2/c1-6(2)8-9(7(10-3)5-12-8)13-14(15,16)11-4/h6-9H,5H2,1-4H3,(H,15,16)/t7?,8-,9?/m1/s1. The highest BCUT2D eigenvalue weighted by molar-refractivity contribution is 8.60. The van der Waals surface area contributed by atoms with Gasteiger partial charge in [-0.3, -0.25) is 0 Å². The van der Waals surface area contributed by atoms with Gasteiger partial charge >= 0.3 is 0 Å². The molecular weight excluding hydrogens is 267 g/mol. The molecule has 1 heterocycles. The van der Waals surface area contributed by atoms with E-state index in [1.807, 2.05) is 0 Å². The summed E-state index contributed by atoms with van der Waals surface area (Å²) >= 11 is 9.36. The van der Waals surface area contributed by atoms with Crippen LogP contribution in [0.15, 0.2) is 0 Å². The number of hydrogen-bond donors (Lipinski definition) is 1. The predicted molar refractivity (Wildman–Crippen MR) is 70.5 cm³/mol. The highest BCUT2D eigenvalue weighted by atomic mass is 32.9. The molecule has 1 rings (SSSR count). The Balaban J connectivity index is 2.74. The zero-order valence-corrected chi connectivity index (χ0v) is 12.6. The molecule has 0 saturated carbocycles. The van der Waals surface area contributed by atoms with Crippen LogP contribution in [0.2, 0.25) is 0 Å². The summed E-state index contributed by atoms with van der Waals surface area (Å²) in [7, 11) is 3.15. The van der Waals surface area contributed by atoms with E-state index in [1.54, 1.807) is 7.11 Å². The number of thiol groups is 1. The third kappa shape index (κ3) is 3.67. The van der Waals surface area contributed by atoms with Gasteiger partial charge in [0.15, 0.2) is 0 Å². The Bertz CT molecular complexity index is 274. The van der Waals surface area contributed by atoms with E-state index in [2.05, 4.69) is 26.1 Å². The topological polar surface area (TPSA) is 36.9 Å². The van der Waals surface area contributed by atoms with E-state index < -0.39 is 5.69 Å². The summed E-state index contributed by atoms with van der Waals surface area (Å²) in [5.41, 5.74) is -2.48. The van der Waals surface area contributed by atoms with Crippen LogP contribution >= 0.6 is 17.9 Å². The van der Waals surface area contributed by atoms with Crippen molar-refractivity contribution < 1.29 is 18.5 Å². The van der Waals surface area contributed by atoms with Gasteiger partial charge in [0.25, 0.3) is 0 Å². The van der Waals surface area contributed by atoms with Gasteiger partial charge in [0.1, 0.15) is 12.2 Å². The minimum Gasteiger partial charge on any atom is -0.376 e. The van der Waals surface area contributed by atoms with Gasteiger partial charge in [0.2, 0.25) is 5.69 Å². The van der Waals surface area contributed by atoms with E-state index in [4.69, 9.17) is 30.3 Å². The highest BCUT2D eigenvalue weighted by Gasteiger charge is 2.42. The van der Waals surface area contributed by atoms with Crippen molar-refractivity contribution in [2.45, 2.75) is 32.2 Å². The summed E-state index contributed by atoms with van der Waals surface area (Å²) in [6.07, 6.45) is -0.320. The average molecular weight is 286 g/mol. The first-order chi connectivity index (χ1) is 7.41. The fourth-order valence-corrected chi connectivity index (χ4v) is 2.98. The van der Waals surface area contributed by atoms with E-state index in [0.717, 1.165) is 0 Å². The molecule has 1 aliphatic heterocycles. The summed E-state index contributed by atoms with van der Waals surface area (Å²) in [5.74, 6) is 0.338. The Kier molecular flexibility index (Phi) is 5.72. The smallest absolute Gasteiger partial charge is 0.244 e. The number of hydrogen-bond acceptors (Lipinski definition) is 5. The molecule has 0 spiro atoms. The molecule has 16 heavy (non-hydrogen) atoms. The second kappa shape index (κ2) is 6.14. The summed E-state index contributed by atoms with van der Waals surface area (Å²) in [6, 6.07) is 0. The Morgan fingerprint density at radius 1 is 1.44 bits per heavy atom. The molecule has 0 aromatic heterocycles. The van der Waals surface area contributed by atoms with Crippen LogP contribution in [0.5, 0.6) is 0 Å². The molecule has 1 saturated heterocycles. The normalized spacial score (nSPS) is 34.2. The van der Waals surface area contributed by atoms with Crippen molar-refractivity contribution in [2.24, 2.45) is 5.92 Å². The molecule has 3 unspecified atom stereocenters. The molecule has 96 valence electrons. The van der Waals surface area contributed by atoms with Crippen molar-refractivity contribution in [1.29, 1.82) is 0 Å². The van der Waals surface area contributed by atoms with Crippen molar-refractivity contribution in [3.05, 3.63) is 0 Å². The number of rotatable bonds is 5. The molecule has 0 aromatic rings. The lowest BCUT2D eigenvalue weighted by Gasteiger charge is -2.28. The molecule has 1 fully saturated rings. The van der Waals surface area contributed by atoms with Crippen molar-refractivity contribution in [1.82, 2.24) is 0 Å². The first-order valence-electron chi connectivity index (χ1n) is 5.12. The lowest BCUT2D eigenvalue weighted by Crippen LogP contribution is -2.36. The largest absolute Gasteiger partial charge is 0.376 e. The van der Waals surface area contributed by atoms with Crippen LogP contribution in [0.4, 0.5) is 0 Å².